The molecular formula is C9H14ClNO. The van der Waals surface area contributed by atoms with E-state index >= 15 is 0 Å². The maximum atomic E-state index is 5.64. The molecule has 2 N–H and O–H groups in total. The van der Waals surface area contributed by atoms with Gasteiger partial charge in [0, 0.05) is 5.02 Å². The van der Waals surface area contributed by atoms with Crippen molar-refractivity contribution in [2.75, 3.05) is 12.8 Å². The number of nitrogens with two attached hydrogens (primary N) is 1. The van der Waals surface area contributed by atoms with Crippen LogP contribution in [0.1, 0.15) is 13.8 Å². The molecular weight excluding hydrogens is 174 g/mol. The second kappa shape index (κ2) is 5.72. The van der Waals surface area contributed by atoms with Crippen molar-refractivity contribution >= 4 is 17.3 Å². The Balaban J connectivity index is 0.000000561. The van der Waals surface area contributed by atoms with E-state index in [-0.39, 0.29) is 0 Å². The maximum Gasteiger partial charge on any atom is 0.141 e. The molecule has 0 aliphatic rings. The summed E-state index contributed by atoms with van der Waals surface area (Å²) in [6, 6.07) is 5.12. The predicted molar refractivity (Wildman–Crippen MR) is 53.8 cm³/mol. The van der Waals surface area contributed by atoms with Gasteiger partial charge in [0.05, 0.1) is 12.8 Å². The molecule has 3 heteroatoms. The Morgan fingerprint density at radius 3 is 2.33 bits per heavy atom. The number of rotatable bonds is 1. The zero-order valence-electron chi connectivity index (χ0n) is 7.60. The smallest absolute Gasteiger partial charge is 0.141 e. The molecule has 0 aromatic heterocycles. The van der Waals surface area contributed by atoms with Gasteiger partial charge >= 0.3 is 0 Å². The molecule has 0 fully saturated rings. The normalized spacial score (nSPS) is 8.33. The van der Waals surface area contributed by atoms with Crippen molar-refractivity contribution < 1.29 is 4.74 Å². The van der Waals surface area contributed by atoms with E-state index in [2.05, 4.69) is 0 Å². The first-order chi connectivity index (χ1) is 5.74. The molecule has 0 unspecified atom stereocenters. The highest BCUT2D eigenvalue weighted by Crippen LogP contribution is 2.23. The van der Waals surface area contributed by atoms with Gasteiger partial charge in [0.2, 0.25) is 0 Å². The summed E-state index contributed by atoms with van der Waals surface area (Å²) in [6.45, 7) is 4.00. The summed E-state index contributed by atoms with van der Waals surface area (Å²) in [5.41, 5.74) is 6.09. The fraction of sp³-hybridized carbons (Fsp3) is 0.333. The van der Waals surface area contributed by atoms with Gasteiger partial charge in [-0.15, -0.1) is 0 Å². The van der Waals surface area contributed by atoms with E-state index in [0.717, 1.165) is 0 Å². The average molecular weight is 188 g/mol. The van der Waals surface area contributed by atoms with Crippen LogP contribution in [0.3, 0.4) is 0 Å². The Bertz CT molecular complexity index is 238. The van der Waals surface area contributed by atoms with Crippen molar-refractivity contribution in [3.63, 3.8) is 0 Å². The van der Waals surface area contributed by atoms with Crippen molar-refractivity contribution in [2.45, 2.75) is 13.8 Å². The molecule has 0 amide bonds. The van der Waals surface area contributed by atoms with E-state index in [0.29, 0.717) is 16.5 Å². The van der Waals surface area contributed by atoms with Gasteiger partial charge in [-0.1, -0.05) is 25.4 Å². The monoisotopic (exact) mass is 187 g/mol. The number of halogens is 1. The van der Waals surface area contributed by atoms with Crippen molar-refractivity contribution in [1.29, 1.82) is 0 Å². The second-order valence-electron chi connectivity index (χ2n) is 1.89. The fourth-order valence-corrected chi connectivity index (χ4v) is 0.886. The van der Waals surface area contributed by atoms with E-state index < -0.39 is 0 Å². The predicted octanol–water partition coefficient (Wildman–Crippen LogP) is 2.96. The first-order valence-corrected chi connectivity index (χ1v) is 4.21. The highest BCUT2D eigenvalue weighted by molar-refractivity contribution is 6.30. The van der Waals surface area contributed by atoms with Crippen LogP contribution in [0.25, 0.3) is 0 Å². The number of hydrogen-bond acceptors (Lipinski definition) is 2. The number of methoxy groups -OCH3 is 1. The van der Waals surface area contributed by atoms with Gasteiger partial charge in [0.15, 0.2) is 0 Å². The average Bonchev–Trinajstić information content (AvgIpc) is 2.08. The van der Waals surface area contributed by atoms with Crippen LogP contribution in [0.5, 0.6) is 5.75 Å². The molecule has 1 aromatic carbocycles. The second-order valence-corrected chi connectivity index (χ2v) is 2.32. The van der Waals surface area contributed by atoms with Crippen molar-refractivity contribution in [2.24, 2.45) is 0 Å². The largest absolute Gasteiger partial charge is 0.495 e. The van der Waals surface area contributed by atoms with Crippen LogP contribution >= 0.6 is 11.6 Å². The van der Waals surface area contributed by atoms with E-state index in [9.17, 15) is 0 Å². The summed E-state index contributed by atoms with van der Waals surface area (Å²) >= 11 is 5.64. The van der Waals surface area contributed by atoms with Crippen LogP contribution in [-0.2, 0) is 0 Å². The number of ether oxygens (including phenoxy) is 1. The van der Waals surface area contributed by atoms with Gasteiger partial charge in [-0.3, -0.25) is 0 Å². The Labute approximate surface area is 78.3 Å². The molecule has 12 heavy (non-hydrogen) atoms. The first kappa shape index (κ1) is 11.1. The Kier molecular flexibility index (Phi) is 5.30. The van der Waals surface area contributed by atoms with Gasteiger partial charge in [0.25, 0.3) is 0 Å². The van der Waals surface area contributed by atoms with E-state index in [4.69, 9.17) is 22.1 Å². The van der Waals surface area contributed by atoms with Crippen LogP contribution in [0.2, 0.25) is 5.02 Å². The first-order valence-electron chi connectivity index (χ1n) is 3.83. The third-order valence-corrected chi connectivity index (χ3v) is 1.43. The Morgan fingerprint density at radius 1 is 1.33 bits per heavy atom. The molecule has 0 radical (unpaired) electrons. The SMILES string of the molecule is CC.COc1ccc(Cl)cc1N. The quantitative estimate of drug-likeness (QED) is 0.687. The summed E-state index contributed by atoms with van der Waals surface area (Å²) in [7, 11) is 1.57. The number of nitrogen functional groups attached to an aromatic ring is 1. The zero-order valence-corrected chi connectivity index (χ0v) is 8.35. The van der Waals surface area contributed by atoms with Crippen molar-refractivity contribution in [3.8, 4) is 5.75 Å². The van der Waals surface area contributed by atoms with E-state index in [1.165, 1.54) is 0 Å². The van der Waals surface area contributed by atoms with Crippen LogP contribution in [-0.4, -0.2) is 7.11 Å². The number of benzene rings is 1. The lowest BCUT2D eigenvalue weighted by Crippen LogP contribution is -1.90. The van der Waals surface area contributed by atoms with Crippen LogP contribution in [0.15, 0.2) is 18.2 Å². The molecule has 0 spiro atoms. The summed E-state index contributed by atoms with van der Waals surface area (Å²) in [4.78, 5) is 0. The molecule has 0 heterocycles. The zero-order chi connectivity index (χ0) is 9.56. The van der Waals surface area contributed by atoms with Gasteiger partial charge in [-0.25, -0.2) is 0 Å². The number of anilines is 1. The molecule has 68 valence electrons. The topological polar surface area (TPSA) is 35.2 Å². The van der Waals surface area contributed by atoms with E-state index in [1.54, 1.807) is 25.3 Å². The Morgan fingerprint density at radius 2 is 1.92 bits per heavy atom. The molecule has 1 aromatic rings. The third kappa shape index (κ3) is 3.01. The van der Waals surface area contributed by atoms with Crippen molar-refractivity contribution in [1.82, 2.24) is 0 Å². The molecule has 1 rings (SSSR count). The van der Waals surface area contributed by atoms with Gasteiger partial charge < -0.3 is 10.5 Å². The molecule has 0 aliphatic carbocycles. The van der Waals surface area contributed by atoms with Crippen LogP contribution < -0.4 is 10.5 Å². The van der Waals surface area contributed by atoms with Gasteiger partial charge in [-0.2, -0.15) is 0 Å². The molecule has 0 aliphatic heterocycles. The van der Waals surface area contributed by atoms with E-state index in [1.807, 2.05) is 13.8 Å². The standard InChI is InChI=1S/C7H8ClNO.C2H6/c1-10-7-3-2-5(8)4-6(7)9;1-2/h2-4H,9H2,1H3;1-2H3. The van der Waals surface area contributed by atoms with Crippen LogP contribution in [0.4, 0.5) is 5.69 Å². The number of hydrogen-bond donors (Lipinski definition) is 1. The lowest BCUT2D eigenvalue weighted by atomic mass is 10.3. The fourth-order valence-electron chi connectivity index (χ4n) is 0.705. The van der Waals surface area contributed by atoms with Crippen LogP contribution in [0, 0.1) is 0 Å². The molecule has 0 saturated heterocycles. The highest BCUT2D eigenvalue weighted by atomic mass is 35.5. The highest BCUT2D eigenvalue weighted by Gasteiger charge is 1.96. The minimum atomic E-state index is 0.565. The van der Waals surface area contributed by atoms with Gasteiger partial charge in [-0.05, 0) is 18.2 Å². The summed E-state index contributed by atoms with van der Waals surface area (Å²) in [5.74, 6) is 0.657. The molecule has 0 bridgehead atoms. The lowest BCUT2D eigenvalue weighted by molar-refractivity contribution is 0.417. The summed E-state index contributed by atoms with van der Waals surface area (Å²) < 4.78 is 4.92. The lowest BCUT2D eigenvalue weighted by Gasteiger charge is -2.02. The minimum absolute atomic E-state index is 0.565. The molecule has 0 atom stereocenters. The Hall–Kier alpha value is -0.890. The van der Waals surface area contributed by atoms with Gasteiger partial charge in [0.1, 0.15) is 5.75 Å². The molecule has 0 saturated carbocycles. The maximum absolute atomic E-state index is 5.64. The summed E-state index contributed by atoms with van der Waals surface area (Å²) in [6.07, 6.45) is 0. The third-order valence-electron chi connectivity index (χ3n) is 1.19. The summed E-state index contributed by atoms with van der Waals surface area (Å²) in [5, 5.41) is 0.623. The van der Waals surface area contributed by atoms with Crippen molar-refractivity contribution in [3.05, 3.63) is 23.2 Å². The molecule has 2 nitrogen and oxygen atoms in total. The minimum Gasteiger partial charge on any atom is -0.495 e.